The van der Waals surface area contributed by atoms with E-state index in [2.05, 4.69) is 15.5 Å². The molecule has 0 aliphatic carbocycles. The van der Waals surface area contributed by atoms with Crippen molar-refractivity contribution in [3.8, 4) is 17.0 Å². The Labute approximate surface area is 127 Å². The second-order valence-corrected chi connectivity index (χ2v) is 5.05. The molecule has 106 valence electrons. The second kappa shape index (κ2) is 5.89. The average Bonchev–Trinajstić information content (AvgIpc) is 3.01. The van der Waals surface area contributed by atoms with Crippen LogP contribution in [0, 0.1) is 0 Å². The lowest BCUT2D eigenvalue weighted by Crippen LogP contribution is -2.00. The van der Waals surface area contributed by atoms with E-state index < -0.39 is 0 Å². The number of aromatic nitrogens is 2. The molecule has 5 heteroatoms. The van der Waals surface area contributed by atoms with Crippen molar-refractivity contribution in [2.75, 3.05) is 5.32 Å². The molecule has 0 spiro atoms. The fraction of sp³-hybridized carbons (Fsp3) is 0.0625. The van der Waals surface area contributed by atoms with Gasteiger partial charge >= 0.3 is 0 Å². The molecule has 0 aliphatic heterocycles. The number of hydrogen-bond donors (Lipinski definition) is 3. The summed E-state index contributed by atoms with van der Waals surface area (Å²) in [5, 5.41) is 20.5. The number of nitrogens with one attached hydrogen (secondary N) is 2. The molecule has 0 unspecified atom stereocenters. The highest BCUT2D eigenvalue weighted by atomic mass is 35.5. The number of phenols is 1. The van der Waals surface area contributed by atoms with Crippen LogP contribution >= 0.6 is 11.6 Å². The zero-order valence-electron chi connectivity index (χ0n) is 11.2. The van der Waals surface area contributed by atoms with Crippen LogP contribution in [-0.4, -0.2) is 15.3 Å². The highest BCUT2D eigenvalue weighted by Crippen LogP contribution is 2.27. The van der Waals surface area contributed by atoms with Gasteiger partial charge in [-0.05, 0) is 30.3 Å². The van der Waals surface area contributed by atoms with Crippen molar-refractivity contribution in [2.45, 2.75) is 6.54 Å². The minimum absolute atomic E-state index is 0.194. The molecule has 0 radical (unpaired) electrons. The Kier molecular flexibility index (Phi) is 3.79. The molecule has 3 N–H and O–H groups in total. The number of phenolic OH excluding ortho intramolecular Hbond substituents is 1. The van der Waals surface area contributed by atoms with Crippen LogP contribution in [0.4, 0.5) is 5.69 Å². The number of anilines is 1. The van der Waals surface area contributed by atoms with Crippen LogP contribution in [0.2, 0.25) is 5.02 Å². The van der Waals surface area contributed by atoms with Gasteiger partial charge in [-0.1, -0.05) is 29.8 Å². The van der Waals surface area contributed by atoms with Crippen LogP contribution < -0.4 is 5.32 Å². The number of hydrogen-bond acceptors (Lipinski definition) is 3. The number of halogens is 1. The Morgan fingerprint density at radius 1 is 1.14 bits per heavy atom. The van der Waals surface area contributed by atoms with Gasteiger partial charge in [0.1, 0.15) is 5.75 Å². The first-order chi connectivity index (χ1) is 10.2. The lowest BCUT2D eigenvalue weighted by atomic mass is 10.1. The van der Waals surface area contributed by atoms with Gasteiger partial charge in [0, 0.05) is 34.6 Å². The van der Waals surface area contributed by atoms with Gasteiger partial charge in [0.15, 0.2) is 0 Å². The third-order valence-electron chi connectivity index (χ3n) is 3.24. The first-order valence-electron chi connectivity index (χ1n) is 6.54. The Hall–Kier alpha value is -2.46. The average molecular weight is 300 g/mol. The number of aromatic amines is 1. The molecule has 0 bridgehead atoms. The molecular formula is C16H14ClN3O. The van der Waals surface area contributed by atoms with Gasteiger partial charge in [-0.25, -0.2) is 0 Å². The number of aromatic hydroxyl groups is 1. The third-order valence-corrected chi connectivity index (χ3v) is 3.59. The summed E-state index contributed by atoms with van der Waals surface area (Å²) in [4.78, 5) is 0. The Bertz CT molecular complexity index is 721. The van der Waals surface area contributed by atoms with E-state index in [4.69, 9.17) is 11.6 Å². The fourth-order valence-corrected chi connectivity index (χ4v) is 2.36. The lowest BCUT2D eigenvalue weighted by Gasteiger charge is -2.10. The molecule has 0 saturated heterocycles. The van der Waals surface area contributed by atoms with Crippen LogP contribution in [0.25, 0.3) is 11.3 Å². The number of nitrogens with zero attached hydrogens (tertiary/aromatic N) is 1. The molecule has 1 aromatic heterocycles. The van der Waals surface area contributed by atoms with Crippen LogP contribution in [0.1, 0.15) is 5.56 Å². The van der Waals surface area contributed by atoms with E-state index in [1.807, 2.05) is 30.3 Å². The highest BCUT2D eigenvalue weighted by Gasteiger charge is 2.06. The molecule has 0 fully saturated rings. The molecular weight excluding hydrogens is 286 g/mol. The van der Waals surface area contributed by atoms with Gasteiger partial charge in [-0.15, -0.1) is 0 Å². The van der Waals surface area contributed by atoms with Gasteiger partial charge in [0.25, 0.3) is 0 Å². The Balaban J connectivity index is 1.78. The molecule has 4 nitrogen and oxygen atoms in total. The van der Waals surface area contributed by atoms with Crippen LogP contribution in [0.15, 0.2) is 54.7 Å². The standard InChI is InChI=1S/C16H14ClN3O/c17-14-5-2-6-16(21)13(14)10-18-12-4-1-3-11(9-12)15-7-8-19-20-15/h1-9,18,21H,10H2,(H,19,20). The van der Waals surface area contributed by atoms with Crippen LogP contribution in [-0.2, 0) is 6.54 Å². The predicted octanol–water partition coefficient (Wildman–Crippen LogP) is 4.05. The quantitative estimate of drug-likeness (QED) is 0.681. The second-order valence-electron chi connectivity index (χ2n) is 4.64. The summed E-state index contributed by atoms with van der Waals surface area (Å²) in [5.41, 5.74) is 3.63. The monoisotopic (exact) mass is 299 g/mol. The van der Waals surface area contributed by atoms with Crippen molar-refractivity contribution in [1.29, 1.82) is 0 Å². The first-order valence-corrected chi connectivity index (χ1v) is 6.92. The normalized spacial score (nSPS) is 10.5. The zero-order valence-corrected chi connectivity index (χ0v) is 11.9. The lowest BCUT2D eigenvalue weighted by molar-refractivity contribution is 0.469. The van der Waals surface area contributed by atoms with E-state index in [1.165, 1.54) is 0 Å². The predicted molar refractivity (Wildman–Crippen MR) is 84.5 cm³/mol. The van der Waals surface area contributed by atoms with Crippen molar-refractivity contribution in [2.24, 2.45) is 0 Å². The molecule has 3 aromatic rings. The molecule has 0 aliphatic rings. The largest absolute Gasteiger partial charge is 0.508 e. The summed E-state index contributed by atoms with van der Waals surface area (Å²) in [6, 6.07) is 15.0. The Morgan fingerprint density at radius 3 is 2.76 bits per heavy atom. The third kappa shape index (κ3) is 3.01. The zero-order chi connectivity index (χ0) is 14.7. The van der Waals surface area contributed by atoms with Gasteiger partial charge in [0.2, 0.25) is 0 Å². The molecule has 0 saturated carbocycles. The maximum atomic E-state index is 9.84. The van der Waals surface area contributed by atoms with E-state index in [9.17, 15) is 5.11 Å². The Morgan fingerprint density at radius 2 is 2.00 bits per heavy atom. The van der Waals surface area contributed by atoms with Crippen molar-refractivity contribution in [1.82, 2.24) is 10.2 Å². The van der Waals surface area contributed by atoms with Gasteiger partial charge < -0.3 is 10.4 Å². The van der Waals surface area contributed by atoms with E-state index >= 15 is 0 Å². The van der Waals surface area contributed by atoms with Gasteiger partial charge in [0.05, 0.1) is 5.69 Å². The topological polar surface area (TPSA) is 60.9 Å². The summed E-state index contributed by atoms with van der Waals surface area (Å²) in [6.45, 7) is 0.456. The minimum atomic E-state index is 0.194. The highest BCUT2D eigenvalue weighted by molar-refractivity contribution is 6.31. The van der Waals surface area contributed by atoms with Crippen molar-refractivity contribution < 1.29 is 5.11 Å². The van der Waals surface area contributed by atoms with Crippen LogP contribution in [0.3, 0.4) is 0 Å². The smallest absolute Gasteiger partial charge is 0.122 e. The SMILES string of the molecule is Oc1cccc(Cl)c1CNc1cccc(-c2ccn[nH]2)c1. The molecule has 1 heterocycles. The number of benzene rings is 2. The van der Waals surface area contributed by atoms with Crippen molar-refractivity contribution in [3.63, 3.8) is 0 Å². The van der Waals surface area contributed by atoms with E-state index in [1.54, 1.807) is 24.4 Å². The minimum Gasteiger partial charge on any atom is -0.508 e. The molecule has 0 atom stereocenters. The van der Waals surface area contributed by atoms with Crippen molar-refractivity contribution >= 4 is 17.3 Å². The maximum Gasteiger partial charge on any atom is 0.122 e. The van der Waals surface area contributed by atoms with Crippen LogP contribution in [0.5, 0.6) is 5.75 Å². The number of H-pyrrole nitrogens is 1. The summed E-state index contributed by atoms with van der Waals surface area (Å²) >= 11 is 6.09. The molecule has 21 heavy (non-hydrogen) atoms. The maximum absolute atomic E-state index is 9.84. The molecule has 2 aromatic carbocycles. The summed E-state index contributed by atoms with van der Waals surface area (Å²) in [7, 11) is 0. The van der Waals surface area contributed by atoms with E-state index in [0.717, 1.165) is 16.9 Å². The molecule has 0 amide bonds. The van der Waals surface area contributed by atoms with Gasteiger partial charge in [-0.3, -0.25) is 5.10 Å². The summed E-state index contributed by atoms with van der Waals surface area (Å²) in [6.07, 6.45) is 1.72. The number of rotatable bonds is 4. The fourth-order valence-electron chi connectivity index (χ4n) is 2.13. The first kappa shape index (κ1) is 13.5. The van der Waals surface area contributed by atoms with Crippen molar-refractivity contribution in [3.05, 3.63) is 65.3 Å². The summed E-state index contributed by atoms with van der Waals surface area (Å²) in [5.74, 6) is 0.194. The van der Waals surface area contributed by atoms with E-state index in [0.29, 0.717) is 17.1 Å². The molecule has 3 rings (SSSR count). The summed E-state index contributed by atoms with van der Waals surface area (Å²) < 4.78 is 0. The van der Waals surface area contributed by atoms with Gasteiger partial charge in [-0.2, -0.15) is 5.10 Å². The van der Waals surface area contributed by atoms with E-state index in [-0.39, 0.29) is 5.75 Å².